The summed E-state index contributed by atoms with van der Waals surface area (Å²) in [7, 11) is 0. The minimum atomic E-state index is -0.236. The third kappa shape index (κ3) is 2.20. The zero-order valence-electron chi connectivity index (χ0n) is 10.4. The number of amides is 1. The maximum Gasteiger partial charge on any atom is 0.253 e. The van der Waals surface area contributed by atoms with Gasteiger partial charge >= 0.3 is 0 Å². The van der Waals surface area contributed by atoms with Crippen LogP contribution < -0.4 is 5.32 Å². The Bertz CT molecular complexity index is 294. The van der Waals surface area contributed by atoms with Crippen LogP contribution in [0.1, 0.15) is 32.1 Å². The lowest BCUT2D eigenvalue weighted by molar-refractivity contribution is -0.144. The van der Waals surface area contributed by atoms with E-state index in [1.54, 1.807) is 0 Å². The van der Waals surface area contributed by atoms with Crippen LogP contribution in [0.4, 0.5) is 0 Å². The van der Waals surface area contributed by atoms with Crippen molar-refractivity contribution in [2.45, 2.75) is 38.2 Å². The van der Waals surface area contributed by atoms with Crippen LogP contribution in [0.3, 0.4) is 0 Å². The van der Waals surface area contributed by atoms with Crippen LogP contribution in [0.15, 0.2) is 0 Å². The highest BCUT2D eigenvalue weighted by molar-refractivity contribution is 5.81. The van der Waals surface area contributed by atoms with Gasteiger partial charge in [0.05, 0.1) is 6.61 Å². The predicted molar refractivity (Wildman–Crippen MR) is 64.7 cm³/mol. The summed E-state index contributed by atoms with van der Waals surface area (Å²) in [5.41, 5.74) is 0.470. The van der Waals surface area contributed by atoms with E-state index in [2.05, 4.69) is 5.32 Å². The molecule has 3 aliphatic rings. The summed E-state index contributed by atoms with van der Waals surface area (Å²) in [4.78, 5) is 14.3. The van der Waals surface area contributed by atoms with Gasteiger partial charge < -0.3 is 15.0 Å². The molecule has 3 rings (SSSR count). The fraction of sp³-hybridized carbons (Fsp3) is 0.923. The molecule has 0 unspecified atom stereocenters. The first-order chi connectivity index (χ1) is 8.29. The van der Waals surface area contributed by atoms with Crippen molar-refractivity contribution in [3.8, 4) is 0 Å². The molecule has 0 aromatic carbocycles. The number of hydrogen-bond acceptors (Lipinski definition) is 3. The standard InChI is InChI=1S/C13H22N2O2/c16-12(11-9-14-6-8-17-11)15-7-5-13(10-15)3-1-2-4-13/h11,14H,1-10H2/t11-/m0/s1. The minimum absolute atomic E-state index is 0.209. The van der Waals surface area contributed by atoms with Crippen molar-refractivity contribution >= 4 is 5.91 Å². The molecule has 2 heterocycles. The van der Waals surface area contributed by atoms with E-state index in [9.17, 15) is 4.79 Å². The zero-order valence-corrected chi connectivity index (χ0v) is 10.4. The summed E-state index contributed by atoms with van der Waals surface area (Å²) in [5, 5.41) is 3.23. The average molecular weight is 238 g/mol. The van der Waals surface area contributed by atoms with E-state index in [1.165, 1.54) is 32.1 Å². The minimum Gasteiger partial charge on any atom is -0.366 e. The van der Waals surface area contributed by atoms with Crippen LogP contribution in [-0.2, 0) is 9.53 Å². The maximum absolute atomic E-state index is 12.3. The van der Waals surface area contributed by atoms with Gasteiger partial charge in [-0.1, -0.05) is 12.8 Å². The number of hydrogen-bond donors (Lipinski definition) is 1. The Morgan fingerprint density at radius 2 is 2.12 bits per heavy atom. The van der Waals surface area contributed by atoms with Crippen LogP contribution in [0.5, 0.6) is 0 Å². The van der Waals surface area contributed by atoms with Crippen LogP contribution >= 0.6 is 0 Å². The molecule has 0 bridgehead atoms. The van der Waals surface area contributed by atoms with Crippen LogP contribution in [-0.4, -0.2) is 49.7 Å². The fourth-order valence-electron chi connectivity index (χ4n) is 3.58. The number of carbonyl (C=O) groups excluding carboxylic acids is 1. The van der Waals surface area contributed by atoms with Crippen molar-refractivity contribution in [1.82, 2.24) is 10.2 Å². The van der Waals surface area contributed by atoms with E-state index >= 15 is 0 Å². The second-order valence-corrected chi connectivity index (χ2v) is 5.78. The van der Waals surface area contributed by atoms with Gasteiger partial charge in [-0.3, -0.25) is 4.79 Å². The second kappa shape index (κ2) is 4.58. The quantitative estimate of drug-likeness (QED) is 0.733. The van der Waals surface area contributed by atoms with E-state index in [0.717, 1.165) is 19.6 Å². The second-order valence-electron chi connectivity index (χ2n) is 5.78. The molecule has 2 saturated heterocycles. The van der Waals surface area contributed by atoms with Gasteiger partial charge in [-0.25, -0.2) is 0 Å². The highest BCUT2D eigenvalue weighted by atomic mass is 16.5. The van der Waals surface area contributed by atoms with Gasteiger partial charge in [0.2, 0.25) is 0 Å². The predicted octanol–water partition coefficient (Wildman–Crippen LogP) is 0.767. The molecule has 2 aliphatic heterocycles. The molecule has 4 nitrogen and oxygen atoms in total. The summed E-state index contributed by atoms with van der Waals surface area (Å²) in [6.07, 6.45) is 6.31. The van der Waals surface area contributed by atoms with Gasteiger partial charge in [0.1, 0.15) is 6.10 Å². The molecule has 1 spiro atoms. The van der Waals surface area contributed by atoms with E-state index in [1.807, 2.05) is 4.90 Å². The molecule has 4 heteroatoms. The van der Waals surface area contributed by atoms with Crippen molar-refractivity contribution in [3.05, 3.63) is 0 Å². The molecule has 0 aromatic heterocycles. The topological polar surface area (TPSA) is 41.6 Å². The normalized spacial score (nSPS) is 32.2. The number of morpholine rings is 1. The van der Waals surface area contributed by atoms with E-state index in [0.29, 0.717) is 18.6 Å². The Morgan fingerprint density at radius 3 is 2.82 bits per heavy atom. The van der Waals surface area contributed by atoms with Crippen molar-refractivity contribution in [3.63, 3.8) is 0 Å². The number of nitrogens with one attached hydrogen (secondary N) is 1. The van der Waals surface area contributed by atoms with Gasteiger partial charge in [0.25, 0.3) is 5.91 Å². The molecular formula is C13H22N2O2. The zero-order chi connectivity index (χ0) is 11.7. The number of nitrogens with zero attached hydrogens (tertiary/aromatic N) is 1. The van der Waals surface area contributed by atoms with Crippen LogP contribution in [0.2, 0.25) is 0 Å². The molecule has 1 amide bonds. The largest absolute Gasteiger partial charge is 0.366 e. The Kier molecular flexibility index (Phi) is 3.09. The molecule has 1 saturated carbocycles. The van der Waals surface area contributed by atoms with E-state index in [-0.39, 0.29) is 12.0 Å². The first-order valence-corrected chi connectivity index (χ1v) is 6.90. The first-order valence-electron chi connectivity index (χ1n) is 6.90. The van der Waals surface area contributed by atoms with Crippen LogP contribution in [0.25, 0.3) is 0 Å². The van der Waals surface area contributed by atoms with Crippen molar-refractivity contribution in [1.29, 1.82) is 0 Å². The summed E-state index contributed by atoms with van der Waals surface area (Å²) in [6, 6.07) is 0. The van der Waals surface area contributed by atoms with Gasteiger partial charge in [-0.2, -0.15) is 0 Å². The summed E-state index contributed by atoms with van der Waals surface area (Å²) in [6.45, 7) is 4.13. The highest BCUT2D eigenvalue weighted by Crippen LogP contribution is 2.45. The Labute approximate surface area is 103 Å². The Balaban J connectivity index is 1.59. The smallest absolute Gasteiger partial charge is 0.253 e. The molecule has 0 radical (unpaired) electrons. The molecule has 17 heavy (non-hydrogen) atoms. The molecule has 0 aromatic rings. The first kappa shape index (κ1) is 11.5. The summed E-state index contributed by atoms with van der Waals surface area (Å²) in [5.74, 6) is 0.209. The highest BCUT2D eigenvalue weighted by Gasteiger charge is 2.43. The molecule has 1 atom stereocenters. The van der Waals surface area contributed by atoms with Gasteiger partial charge in [-0.05, 0) is 24.7 Å². The van der Waals surface area contributed by atoms with E-state index < -0.39 is 0 Å². The van der Waals surface area contributed by atoms with Gasteiger partial charge in [-0.15, -0.1) is 0 Å². The molecule has 96 valence electrons. The maximum atomic E-state index is 12.3. The number of likely N-dealkylation sites (tertiary alicyclic amines) is 1. The lowest BCUT2D eigenvalue weighted by Gasteiger charge is -2.28. The monoisotopic (exact) mass is 238 g/mol. The number of rotatable bonds is 1. The number of ether oxygens (including phenoxy) is 1. The summed E-state index contributed by atoms with van der Waals surface area (Å²) < 4.78 is 5.55. The molecular weight excluding hydrogens is 216 g/mol. The summed E-state index contributed by atoms with van der Waals surface area (Å²) >= 11 is 0. The fourth-order valence-corrected chi connectivity index (χ4v) is 3.58. The molecule has 3 fully saturated rings. The third-order valence-electron chi connectivity index (χ3n) is 4.62. The third-order valence-corrected chi connectivity index (χ3v) is 4.62. The average Bonchev–Trinajstić information content (AvgIpc) is 3.01. The Hall–Kier alpha value is -0.610. The Morgan fingerprint density at radius 1 is 1.29 bits per heavy atom. The van der Waals surface area contributed by atoms with Crippen molar-refractivity contribution in [2.75, 3.05) is 32.8 Å². The van der Waals surface area contributed by atoms with Gasteiger partial charge in [0, 0.05) is 26.2 Å². The van der Waals surface area contributed by atoms with Crippen molar-refractivity contribution in [2.24, 2.45) is 5.41 Å². The van der Waals surface area contributed by atoms with E-state index in [4.69, 9.17) is 4.74 Å². The lowest BCUT2D eigenvalue weighted by Crippen LogP contribution is -2.49. The lowest BCUT2D eigenvalue weighted by atomic mass is 9.86. The van der Waals surface area contributed by atoms with Crippen molar-refractivity contribution < 1.29 is 9.53 Å². The number of carbonyl (C=O) groups is 1. The SMILES string of the molecule is O=C([C@@H]1CNCCO1)N1CCC2(CCCC2)C1. The molecule has 1 N–H and O–H groups in total. The van der Waals surface area contributed by atoms with Gasteiger partial charge in [0.15, 0.2) is 0 Å². The van der Waals surface area contributed by atoms with Crippen LogP contribution in [0, 0.1) is 5.41 Å². The molecule has 1 aliphatic carbocycles.